The number of nitrogens with zero attached hydrogens (tertiary/aromatic N) is 5. The average Bonchev–Trinajstić information content (AvgIpc) is 2.86. The molecule has 1 aliphatic rings. The van der Waals surface area contributed by atoms with Gasteiger partial charge in [-0.25, -0.2) is 9.97 Å². The van der Waals surface area contributed by atoms with Crippen LogP contribution < -0.4 is 5.32 Å². The molecule has 4 aromatic rings. The highest BCUT2D eigenvalue weighted by atomic mass is 15.2. The highest BCUT2D eigenvalue weighted by Gasteiger charge is 2.27. The van der Waals surface area contributed by atoms with Crippen LogP contribution in [-0.4, -0.2) is 31.4 Å². The maximum atomic E-state index is 5.01. The van der Waals surface area contributed by atoms with Crippen LogP contribution in [0.15, 0.2) is 85.5 Å². The summed E-state index contributed by atoms with van der Waals surface area (Å²) in [7, 11) is 0. The fourth-order valence-corrected chi connectivity index (χ4v) is 4.21. The fraction of sp³-hybridized carbons (Fsp3) is 0.231. The third kappa shape index (κ3) is 4.81. The number of rotatable bonds is 6. The maximum absolute atomic E-state index is 5.01. The molecule has 1 aromatic carbocycles. The van der Waals surface area contributed by atoms with E-state index in [0.717, 1.165) is 48.1 Å². The zero-order valence-corrected chi connectivity index (χ0v) is 17.9. The Morgan fingerprint density at radius 2 is 1.72 bits per heavy atom. The van der Waals surface area contributed by atoms with Gasteiger partial charge in [-0.3, -0.25) is 14.9 Å². The van der Waals surface area contributed by atoms with Crippen molar-refractivity contribution in [3.05, 3.63) is 96.8 Å². The Labute approximate surface area is 188 Å². The zero-order chi connectivity index (χ0) is 21.6. The first kappa shape index (κ1) is 20.3. The number of likely N-dealkylation sites (tertiary alicyclic amines) is 1. The van der Waals surface area contributed by atoms with Gasteiger partial charge in [0.05, 0.1) is 11.7 Å². The highest BCUT2D eigenvalue weighted by molar-refractivity contribution is 5.65. The third-order valence-corrected chi connectivity index (χ3v) is 5.77. The predicted molar refractivity (Wildman–Crippen MR) is 126 cm³/mol. The summed E-state index contributed by atoms with van der Waals surface area (Å²) >= 11 is 0. The number of anilines is 2. The number of benzene rings is 1. The lowest BCUT2D eigenvalue weighted by Crippen LogP contribution is -2.34. The summed E-state index contributed by atoms with van der Waals surface area (Å²) in [5.41, 5.74) is 4.09. The molecule has 4 heterocycles. The molecular formula is C26H26N6. The van der Waals surface area contributed by atoms with Crippen LogP contribution in [-0.2, 0) is 6.54 Å². The molecule has 0 unspecified atom stereocenters. The van der Waals surface area contributed by atoms with E-state index in [1.165, 1.54) is 18.4 Å². The van der Waals surface area contributed by atoms with Gasteiger partial charge in [0, 0.05) is 48.6 Å². The van der Waals surface area contributed by atoms with Gasteiger partial charge in [-0.1, -0.05) is 30.7 Å². The van der Waals surface area contributed by atoms with Crippen LogP contribution in [0, 0.1) is 0 Å². The van der Waals surface area contributed by atoms with Crippen LogP contribution in [0.1, 0.15) is 36.7 Å². The van der Waals surface area contributed by atoms with Gasteiger partial charge >= 0.3 is 0 Å². The van der Waals surface area contributed by atoms with E-state index < -0.39 is 0 Å². The minimum absolute atomic E-state index is 0.164. The predicted octanol–water partition coefficient (Wildman–Crippen LogP) is 5.40. The first-order chi connectivity index (χ1) is 15.8. The molecule has 1 N–H and O–H groups in total. The normalized spacial score (nSPS) is 16.6. The van der Waals surface area contributed by atoms with E-state index in [1.807, 2.05) is 73.2 Å². The molecule has 1 atom stereocenters. The smallest absolute Gasteiger partial charge is 0.148 e. The van der Waals surface area contributed by atoms with E-state index in [4.69, 9.17) is 9.97 Å². The number of hydrogen-bond acceptors (Lipinski definition) is 6. The summed E-state index contributed by atoms with van der Waals surface area (Å²) in [6.07, 6.45) is 10.8. The first-order valence-electron chi connectivity index (χ1n) is 11.1. The first-order valence-corrected chi connectivity index (χ1v) is 11.1. The number of piperidine rings is 1. The van der Waals surface area contributed by atoms with E-state index in [-0.39, 0.29) is 6.04 Å². The SMILES string of the molecule is c1ccc(Nc2cc(-c3cccnc3)nc([C@H]3CCCCN3Cc3cccnc3)n2)cc1. The summed E-state index contributed by atoms with van der Waals surface area (Å²) < 4.78 is 0. The van der Waals surface area contributed by atoms with Gasteiger partial charge in [0.2, 0.25) is 0 Å². The van der Waals surface area contributed by atoms with Crippen molar-refractivity contribution in [1.82, 2.24) is 24.8 Å². The van der Waals surface area contributed by atoms with E-state index in [1.54, 1.807) is 6.20 Å². The molecule has 3 aromatic heterocycles. The minimum atomic E-state index is 0.164. The topological polar surface area (TPSA) is 66.8 Å². The molecule has 0 amide bonds. The molecule has 1 saturated heterocycles. The molecule has 0 bridgehead atoms. The Hall–Kier alpha value is -3.64. The highest BCUT2D eigenvalue weighted by Crippen LogP contribution is 2.32. The van der Waals surface area contributed by atoms with Crippen LogP contribution in [0.2, 0.25) is 0 Å². The summed E-state index contributed by atoms with van der Waals surface area (Å²) in [6.45, 7) is 1.88. The van der Waals surface area contributed by atoms with E-state index in [2.05, 4.69) is 26.3 Å². The second-order valence-electron chi connectivity index (χ2n) is 8.07. The van der Waals surface area contributed by atoms with Gasteiger partial charge in [-0.05, 0) is 55.3 Å². The van der Waals surface area contributed by atoms with Gasteiger partial charge in [0.15, 0.2) is 0 Å². The van der Waals surface area contributed by atoms with Crippen LogP contribution in [0.25, 0.3) is 11.3 Å². The lowest BCUT2D eigenvalue weighted by atomic mass is 10.00. The minimum Gasteiger partial charge on any atom is -0.340 e. The summed E-state index contributed by atoms with van der Waals surface area (Å²) in [4.78, 5) is 21.0. The summed E-state index contributed by atoms with van der Waals surface area (Å²) in [5, 5.41) is 3.46. The van der Waals surface area contributed by atoms with Crippen LogP contribution >= 0.6 is 0 Å². The molecule has 6 heteroatoms. The molecule has 1 fully saturated rings. The van der Waals surface area contributed by atoms with Crippen molar-refractivity contribution in [3.8, 4) is 11.3 Å². The Balaban J connectivity index is 1.51. The van der Waals surface area contributed by atoms with Crippen LogP contribution in [0.5, 0.6) is 0 Å². The molecule has 32 heavy (non-hydrogen) atoms. The van der Waals surface area contributed by atoms with Crippen molar-refractivity contribution in [2.75, 3.05) is 11.9 Å². The second-order valence-corrected chi connectivity index (χ2v) is 8.07. The van der Waals surface area contributed by atoms with Crippen molar-refractivity contribution >= 4 is 11.5 Å². The number of nitrogens with one attached hydrogen (secondary N) is 1. The van der Waals surface area contributed by atoms with E-state index in [9.17, 15) is 0 Å². The van der Waals surface area contributed by atoms with Crippen molar-refractivity contribution in [3.63, 3.8) is 0 Å². The molecule has 0 spiro atoms. The van der Waals surface area contributed by atoms with Gasteiger partial charge in [-0.15, -0.1) is 0 Å². The van der Waals surface area contributed by atoms with Gasteiger partial charge in [-0.2, -0.15) is 0 Å². The number of para-hydroxylation sites is 1. The summed E-state index contributed by atoms with van der Waals surface area (Å²) in [5.74, 6) is 1.65. The summed E-state index contributed by atoms with van der Waals surface area (Å²) in [6, 6.07) is 20.4. The number of pyridine rings is 2. The van der Waals surface area contributed by atoms with Crippen LogP contribution in [0.4, 0.5) is 11.5 Å². The van der Waals surface area contributed by atoms with Gasteiger partial charge in [0.1, 0.15) is 11.6 Å². The largest absolute Gasteiger partial charge is 0.340 e. The molecule has 5 rings (SSSR count). The van der Waals surface area contributed by atoms with E-state index >= 15 is 0 Å². The maximum Gasteiger partial charge on any atom is 0.148 e. The fourth-order valence-electron chi connectivity index (χ4n) is 4.21. The average molecular weight is 423 g/mol. The molecule has 0 saturated carbocycles. The molecule has 160 valence electrons. The lowest BCUT2D eigenvalue weighted by molar-refractivity contribution is 0.134. The van der Waals surface area contributed by atoms with Gasteiger partial charge in [0.25, 0.3) is 0 Å². The molecule has 0 aliphatic carbocycles. The van der Waals surface area contributed by atoms with Crippen molar-refractivity contribution in [1.29, 1.82) is 0 Å². The second kappa shape index (κ2) is 9.66. The Morgan fingerprint density at radius 3 is 2.50 bits per heavy atom. The van der Waals surface area contributed by atoms with Crippen molar-refractivity contribution < 1.29 is 0 Å². The lowest BCUT2D eigenvalue weighted by Gasteiger charge is -2.35. The monoisotopic (exact) mass is 422 g/mol. The molecule has 0 radical (unpaired) electrons. The Morgan fingerprint density at radius 1 is 0.875 bits per heavy atom. The quantitative estimate of drug-likeness (QED) is 0.448. The van der Waals surface area contributed by atoms with Crippen molar-refractivity contribution in [2.45, 2.75) is 31.8 Å². The molecule has 1 aliphatic heterocycles. The van der Waals surface area contributed by atoms with Crippen LogP contribution in [0.3, 0.4) is 0 Å². The zero-order valence-electron chi connectivity index (χ0n) is 17.9. The van der Waals surface area contributed by atoms with Gasteiger partial charge < -0.3 is 5.32 Å². The number of aromatic nitrogens is 4. The number of hydrogen-bond donors (Lipinski definition) is 1. The third-order valence-electron chi connectivity index (χ3n) is 5.77. The van der Waals surface area contributed by atoms with Crippen molar-refractivity contribution in [2.24, 2.45) is 0 Å². The standard InChI is InChI=1S/C26H26N6/c1-2-10-22(11-3-1)29-25-16-23(21-9-7-14-28-18-21)30-26(31-25)24-12-4-5-15-32(24)19-20-8-6-13-27-17-20/h1-3,6-11,13-14,16-18,24H,4-5,12,15,19H2,(H,29,30,31)/t24-/m1/s1. The van der Waals surface area contributed by atoms with E-state index in [0.29, 0.717) is 0 Å². The molecular weight excluding hydrogens is 396 g/mol. The molecule has 6 nitrogen and oxygen atoms in total. The Kier molecular flexibility index (Phi) is 6.12. The Bertz CT molecular complexity index is 1130.